The fraction of sp³-hybridized carbons (Fsp3) is 0.480. The molecule has 1 aliphatic rings. The molecule has 0 spiro atoms. The van der Waals surface area contributed by atoms with Crippen LogP contribution in [-0.2, 0) is 9.53 Å². The lowest BCUT2D eigenvalue weighted by Crippen LogP contribution is -2.28. The van der Waals surface area contributed by atoms with Crippen molar-refractivity contribution in [2.24, 2.45) is 0 Å². The van der Waals surface area contributed by atoms with E-state index in [0.717, 1.165) is 38.5 Å². The topological polar surface area (TPSA) is 26.3 Å². The standard InChI is InChI=1S/C25H31FO2/c1-3-4-5-24(26)25(27)28-23-16-14-22(15-17-23)21-12-10-20(11-13-21)19-8-6-18(2)7-9-19/h6-13,22-24H,3-5,14-17H2,1-2H3/t22?,23?,24-/m0/s1. The van der Waals surface area contributed by atoms with E-state index in [1.165, 1.54) is 22.3 Å². The number of benzene rings is 2. The zero-order valence-electron chi connectivity index (χ0n) is 17.0. The molecular weight excluding hydrogens is 351 g/mol. The van der Waals surface area contributed by atoms with Gasteiger partial charge in [-0.15, -0.1) is 0 Å². The minimum absolute atomic E-state index is 0.129. The summed E-state index contributed by atoms with van der Waals surface area (Å²) in [6, 6.07) is 17.4. The molecule has 0 bridgehead atoms. The van der Waals surface area contributed by atoms with Crippen molar-refractivity contribution in [3.05, 3.63) is 59.7 Å². The Kier molecular flexibility index (Phi) is 7.24. The summed E-state index contributed by atoms with van der Waals surface area (Å²) < 4.78 is 19.2. The largest absolute Gasteiger partial charge is 0.460 e. The lowest BCUT2D eigenvalue weighted by atomic mass is 9.82. The number of hydrogen-bond acceptors (Lipinski definition) is 2. The first kappa shape index (κ1) is 20.6. The Morgan fingerprint density at radius 1 is 1.00 bits per heavy atom. The number of halogens is 1. The van der Waals surface area contributed by atoms with Gasteiger partial charge in [0.1, 0.15) is 6.10 Å². The van der Waals surface area contributed by atoms with Crippen molar-refractivity contribution in [3.63, 3.8) is 0 Å². The van der Waals surface area contributed by atoms with E-state index in [1.54, 1.807) is 0 Å². The molecule has 1 saturated carbocycles. The molecule has 150 valence electrons. The molecule has 3 rings (SSSR count). The van der Waals surface area contributed by atoms with Crippen LogP contribution in [0.5, 0.6) is 0 Å². The van der Waals surface area contributed by atoms with Gasteiger partial charge in [0.2, 0.25) is 0 Å². The first-order valence-corrected chi connectivity index (χ1v) is 10.6. The molecule has 0 aromatic heterocycles. The maximum atomic E-state index is 13.8. The summed E-state index contributed by atoms with van der Waals surface area (Å²) in [6.07, 6.45) is 3.89. The summed E-state index contributed by atoms with van der Waals surface area (Å²) in [6.45, 7) is 4.09. The second-order valence-electron chi connectivity index (χ2n) is 8.01. The van der Waals surface area contributed by atoms with Crippen LogP contribution < -0.4 is 0 Å². The molecule has 0 heterocycles. The minimum atomic E-state index is -1.47. The fourth-order valence-corrected chi connectivity index (χ4v) is 3.95. The SMILES string of the molecule is CCCC[C@H](F)C(=O)OC1CCC(c2ccc(-c3ccc(C)cc3)cc2)CC1. The van der Waals surface area contributed by atoms with Crippen molar-refractivity contribution < 1.29 is 13.9 Å². The van der Waals surface area contributed by atoms with E-state index in [-0.39, 0.29) is 12.5 Å². The van der Waals surface area contributed by atoms with Crippen LogP contribution in [0.4, 0.5) is 4.39 Å². The highest BCUT2D eigenvalue weighted by molar-refractivity contribution is 5.74. The number of hydrogen-bond donors (Lipinski definition) is 0. The predicted octanol–water partition coefficient (Wildman–Crippen LogP) is 6.76. The Balaban J connectivity index is 1.51. The van der Waals surface area contributed by atoms with E-state index < -0.39 is 12.1 Å². The van der Waals surface area contributed by atoms with Gasteiger partial charge in [-0.2, -0.15) is 0 Å². The Morgan fingerprint density at radius 3 is 2.14 bits per heavy atom. The maximum absolute atomic E-state index is 13.8. The normalized spacial score (nSPS) is 20.5. The third kappa shape index (κ3) is 5.43. The van der Waals surface area contributed by atoms with Crippen LogP contribution in [0.25, 0.3) is 11.1 Å². The van der Waals surface area contributed by atoms with Crippen LogP contribution >= 0.6 is 0 Å². The van der Waals surface area contributed by atoms with Gasteiger partial charge in [-0.05, 0) is 61.6 Å². The summed E-state index contributed by atoms with van der Waals surface area (Å²) in [7, 11) is 0. The van der Waals surface area contributed by atoms with Crippen LogP contribution in [0.15, 0.2) is 48.5 Å². The van der Waals surface area contributed by atoms with Gasteiger partial charge in [0.05, 0.1) is 0 Å². The molecule has 2 aromatic carbocycles. The Labute approximate surface area is 168 Å². The monoisotopic (exact) mass is 382 g/mol. The lowest BCUT2D eigenvalue weighted by molar-refractivity contribution is -0.157. The molecule has 0 N–H and O–H groups in total. The van der Waals surface area contributed by atoms with E-state index in [9.17, 15) is 9.18 Å². The first-order chi connectivity index (χ1) is 13.6. The van der Waals surface area contributed by atoms with Crippen LogP contribution in [0.3, 0.4) is 0 Å². The van der Waals surface area contributed by atoms with Gasteiger partial charge in [-0.1, -0.05) is 73.9 Å². The molecular formula is C25H31FO2. The van der Waals surface area contributed by atoms with Gasteiger partial charge >= 0.3 is 5.97 Å². The maximum Gasteiger partial charge on any atom is 0.340 e. The van der Waals surface area contributed by atoms with Crippen molar-refractivity contribution in [1.82, 2.24) is 0 Å². The second-order valence-corrected chi connectivity index (χ2v) is 8.01. The minimum Gasteiger partial charge on any atom is -0.460 e. The summed E-state index contributed by atoms with van der Waals surface area (Å²) in [5, 5.41) is 0. The molecule has 2 nitrogen and oxygen atoms in total. The van der Waals surface area contributed by atoms with Gasteiger partial charge in [-0.3, -0.25) is 0 Å². The van der Waals surface area contributed by atoms with Crippen LogP contribution in [-0.4, -0.2) is 18.2 Å². The highest BCUT2D eigenvalue weighted by Gasteiger charge is 2.27. The number of unbranched alkanes of at least 4 members (excludes halogenated alkanes) is 1. The molecule has 2 aromatic rings. The van der Waals surface area contributed by atoms with Crippen molar-refractivity contribution in [2.45, 2.75) is 77.0 Å². The quantitative estimate of drug-likeness (QED) is 0.495. The Bertz CT molecular complexity index is 743. The van der Waals surface area contributed by atoms with Crippen LogP contribution in [0.1, 0.15) is 68.9 Å². The molecule has 3 heteroatoms. The van der Waals surface area contributed by atoms with E-state index in [0.29, 0.717) is 5.92 Å². The van der Waals surface area contributed by atoms with Crippen molar-refractivity contribution in [1.29, 1.82) is 0 Å². The van der Waals surface area contributed by atoms with Gasteiger partial charge in [0.15, 0.2) is 6.17 Å². The van der Waals surface area contributed by atoms with Gasteiger partial charge in [-0.25, -0.2) is 9.18 Å². The molecule has 28 heavy (non-hydrogen) atoms. The average molecular weight is 383 g/mol. The number of rotatable bonds is 7. The molecule has 1 atom stereocenters. The highest BCUT2D eigenvalue weighted by atomic mass is 19.1. The zero-order valence-corrected chi connectivity index (χ0v) is 17.0. The van der Waals surface area contributed by atoms with Crippen molar-refractivity contribution in [3.8, 4) is 11.1 Å². The Hall–Kier alpha value is -2.16. The van der Waals surface area contributed by atoms with E-state index in [4.69, 9.17) is 4.74 Å². The average Bonchev–Trinajstić information content (AvgIpc) is 2.73. The van der Waals surface area contributed by atoms with E-state index in [2.05, 4.69) is 55.5 Å². The number of alkyl halides is 1. The van der Waals surface area contributed by atoms with Gasteiger partial charge in [0.25, 0.3) is 0 Å². The van der Waals surface area contributed by atoms with Gasteiger partial charge < -0.3 is 4.74 Å². The molecule has 1 aliphatic carbocycles. The van der Waals surface area contributed by atoms with Crippen LogP contribution in [0.2, 0.25) is 0 Å². The van der Waals surface area contributed by atoms with E-state index >= 15 is 0 Å². The predicted molar refractivity (Wildman–Crippen MR) is 112 cm³/mol. The highest BCUT2D eigenvalue weighted by Crippen LogP contribution is 2.35. The number of carbonyl (C=O) groups excluding carboxylic acids is 1. The molecule has 0 saturated heterocycles. The first-order valence-electron chi connectivity index (χ1n) is 10.6. The number of esters is 1. The number of aryl methyl sites for hydroxylation is 1. The summed E-state index contributed by atoms with van der Waals surface area (Å²) in [5.41, 5.74) is 5.07. The lowest BCUT2D eigenvalue weighted by Gasteiger charge is -2.29. The molecule has 0 unspecified atom stereocenters. The summed E-state index contributed by atoms with van der Waals surface area (Å²) >= 11 is 0. The Morgan fingerprint density at radius 2 is 1.57 bits per heavy atom. The summed E-state index contributed by atoms with van der Waals surface area (Å²) in [4.78, 5) is 11.9. The molecule has 0 amide bonds. The third-order valence-corrected chi connectivity index (χ3v) is 5.79. The van der Waals surface area contributed by atoms with Crippen molar-refractivity contribution in [2.75, 3.05) is 0 Å². The van der Waals surface area contributed by atoms with E-state index in [1.807, 2.05) is 6.92 Å². The second kappa shape index (κ2) is 9.86. The smallest absolute Gasteiger partial charge is 0.340 e. The number of ether oxygens (including phenoxy) is 1. The van der Waals surface area contributed by atoms with Gasteiger partial charge in [0, 0.05) is 0 Å². The fourth-order valence-electron chi connectivity index (χ4n) is 3.95. The van der Waals surface area contributed by atoms with Crippen LogP contribution in [0, 0.1) is 6.92 Å². The third-order valence-electron chi connectivity index (χ3n) is 5.79. The molecule has 1 fully saturated rings. The number of carbonyl (C=O) groups is 1. The molecule has 0 aliphatic heterocycles. The van der Waals surface area contributed by atoms with Crippen molar-refractivity contribution >= 4 is 5.97 Å². The summed E-state index contributed by atoms with van der Waals surface area (Å²) in [5.74, 6) is -0.178. The zero-order chi connectivity index (χ0) is 19.9. The molecule has 0 radical (unpaired) electrons.